The van der Waals surface area contributed by atoms with Crippen LogP contribution in [0.4, 0.5) is 8.78 Å². The number of carbonyl (C=O) groups is 1. The fraction of sp³-hybridized carbons (Fsp3) is 0.625. The Morgan fingerprint density at radius 3 is 2.65 bits per heavy atom. The van der Waals surface area contributed by atoms with E-state index in [0.29, 0.717) is 23.3 Å². The number of aromatic nitrogens is 4. The molecular formula is C16H20F2N6O2. The van der Waals surface area contributed by atoms with Gasteiger partial charge in [0.1, 0.15) is 11.2 Å². The Hall–Kier alpha value is -2.36. The van der Waals surface area contributed by atoms with Crippen molar-refractivity contribution >= 4 is 16.9 Å². The van der Waals surface area contributed by atoms with Crippen LogP contribution in [0, 0.1) is 5.92 Å². The molecule has 2 aromatic rings. The second-order valence-electron chi connectivity index (χ2n) is 7.16. The third kappa shape index (κ3) is 2.77. The van der Waals surface area contributed by atoms with Crippen molar-refractivity contribution < 1.29 is 13.6 Å². The number of fused-ring (bicyclic) bond motifs is 1. The van der Waals surface area contributed by atoms with Crippen LogP contribution >= 0.6 is 0 Å². The van der Waals surface area contributed by atoms with Gasteiger partial charge in [-0.2, -0.15) is 5.10 Å². The first-order valence-electron chi connectivity index (χ1n) is 8.75. The predicted molar refractivity (Wildman–Crippen MR) is 88.4 cm³/mol. The third-order valence-corrected chi connectivity index (χ3v) is 5.62. The van der Waals surface area contributed by atoms with E-state index >= 15 is 0 Å². The van der Waals surface area contributed by atoms with Crippen LogP contribution in [0.15, 0.2) is 11.0 Å². The minimum atomic E-state index is -2.63. The van der Waals surface area contributed by atoms with Crippen molar-refractivity contribution in [1.82, 2.24) is 25.2 Å². The van der Waals surface area contributed by atoms with Crippen molar-refractivity contribution in [2.75, 3.05) is 0 Å². The lowest BCUT2D eigenvalue weighted by molar-refractivity contribution is -0.128. The van der Waals surface area contributed by atoms with Crippen LogP contribution in [0.5, 0.6) is 0 Å². The van der Waals surface area contributed by atoms with Crippen LogP contribution in [0.25, 0.3) is 11.0 Å². The number of carbonyl (C=O) groups excluding carboxylic acids is 1. The molecule has 4 rings (SSSR count). The fourth-order valence-corrected chi connectivity index (χ4v) is 3.91. The molecule has 26 heavy (non-hydrogen) atoms. The summed E-state index contributed by atoms with van der Waals surface area (Å²) in [6.45, 7) is 0. The maximum absolute atomic E-state index is 13.4. The number of nitrogens with two attached hydrogens (primary N) is 1. The van der Waals surface area contributed by atoms with Gasteiger partial charge in [-0.15, -0.1) is 0 Å². The third-order valence-electron chi connectivity index (χ3n) is 5.62. The van der Waals surface area contributed by atoms with Gasteiger partial charge in [-0.25, -0.2) is 24.3 Å². The summed E-state index contributed by atoms with van der Waals surface area (Å²) in [6, 6.07) is -0.209. The van der Waals surface area contributed by atoms with E-state index in [-0.39, 0.29) is 55.0 Å². The molecular weight excluding hydrogens is 346 g/mol. The van der Waals surface area contributed by atoms with Crippen LogP contribution < -0.4 is 16.8 Å². The smallest absolute Gasteiger partial charge is 0.262 e. The van der Waals surface area contributed by atoms with E-state index in [1.54, 1.807) is 4.68 Å². The molecule has 2 aromatic heterocycles. The Morgan fingerprint density at radius 2 is 2.04 bits per heavy atom. The van der Waals surface area contributed by atoms with E-state index in [4.69, 9.17) is 5.84 Å². The highest BCUT2D eigenvalue weighted by Gasteiger charge is 2.40. The minimum Gasteiger partial charge on any atom is -0.310 e. The molecule has 140 valence electrons. The lowest BCUT2D eigenvalue weighted by Gasteiger charge is -2.34. The molecule has 2 heterocycles. The molecule has 2 aliphatic carbocycles. The van der Waals surface area contributed by atoms with Crippen LogP contribution in [-0.4, -0.2) is 31.6 Å². The van der Waals surface area contributed by atoms with E-state index in [0.717, 1.165) is 6.42 Å². The summed E-state index contributed by atoms with van der Waals surface area (Å²) in [6.07, 6.45) is 2.99. The van der Waals surface area contributed by atoms with Crippen molar-refractivity contribution in [3.8, 4) is 0 Å². The van der Waals surface area contributed by atoms with Crippen molar-refractivity contribution in [2.24, 2.45) is 11.8 Å². The monoisotopic (exact) mass is 366 g/mol. The molecule has 2 fully saturated rings. The molecule has 2 unspecified atom stereocenters. The standard InChI is InChI=1S/C16H20F2N6O2/c17-16(18)5-3-8(4-6-16)24-13-11(7-20-24)14(25)22-12(21-13)9-1-2-10(9)15(26)23-19/h7-10H,1-6,19H2,(H,23,26)(H,21,22,25). The molecule has 0 aliphatic heterocycles. The molecule has 0 aromatic carbocycles. The van der Waals surface area contributed by atoms with Gasteiger partial charge in [0.25, 0.3) is 5.56 Å². The van der Waals surface area contributed by atoms with E-state index in [1.165, 1.54) is 6.20 Å². The molecule has 0 bridgehead atoms. The molecule has 2 saturated carbocycles. The number of rotatable bonds is 3. The number of hydrazine groups is 1. The summed E-state index contributed by atoms with van der Waals surface area (Å²) >= 11 is 0. The van der Waals surface area contributed by atoms with E-state index in [9.17, 15) is 18.4 Å². The average Bonchev–Trinajstić information content (AvgIpc) is 2.98. The zero-order chi connectivity index (χ0) is 18.5. The van der Waals surface area contributed by atoms with Crippen molar-refractivity contribution in [1.29, 1.82) is 0 Å². The molecule has 2 atom stereocenters. The van der Waals surface area contributed by atoms with Gasteiger partial charge in [0, 0.05) is 24.7 Å². The quantitative estimate of drug-likeness (QED) is 0.430. The van der Waals surface area contributed by atoms with Gasteiger partial charge < -0.3 is 4.98 Å². The van der Waals surface area contributed by atoms with Gasteiger partial charge in [0.2, 0.25) is 11.8 Å². The molecule has 8 nitrogen and oxygen atoms in total. The Morgan fingerprint density at radius 1 is 1.31 bits per heavy atom. The topological polar surface area (TPSA) is 119 Å². The van der Waals surface area contributed by atoms with Gasteiger partial charge in [-0.3, -0.25) is 15.0 Å². The number of aromatic amines is 1. The van der Waals surface area contributed by atoms with E-state index < -0.39 is 5.92 Å². The fourth-order valence-electron chi connectivity index (χ4n) is 3.91. The average molecular weight is 366 g/mol. The lowest BCUT2D eigenvalue weighted by atomic mass is 9.72. The minimum absolute atomic E-state index is 0.198. The zero-order valence-electron chi connectivity index (χ0n) is 14.0. The van der Waals surface area contributed by atoms with Crippen LogP contribution in [0.2, 0.25) is 0 Å². The maximum Gasteiger partial charge on any atom is 0.262 e. The van der Waals surface area contributed by atoms with Crippen molar-refractivity contribution in [2.45, 2.75) is 56.4 Å². The highest BCUT2D eigenvalue weighted by Crippen LogP contribution is 2.42. The van der Waals surface area contributed by atoms with Crippen LogP contribution in [-0.2, 0) is 4.79 Å². The van der Waals surface area contributed by atoms with Gasteiger partial charge in [0.15, 0.2) is 5.65 Å². The lowest BCUT2D eigenvalue weighted by Crippen LogP contribution is -2.43. The van der Waals surface area contributed by atoms with E-state index in [2.05, 4.69) is 20.5 Å². The first kappa shape index (κ1) is 17.1. The zero-order valence-corrected chi connectivity index (χ0v) is 14.0. The summed E-state index contributed by atoms with van der Waals surface area (Å²) in [5.74, 6) is 2.16. The molecule has 2 aliphatic rings. The second kappa shape index (κ2) is 6.11. The van der Waals surface area contributed by atoms with Crippen molar-refractivity contribution in [3.05, 3.63) is 22.4 Å². The number of alkyl halides is 2. The number of amides is 1. The number of nitrogens with one attached hydrogen (secondary N) is 2. The molecule has 0 saturated heterocycles. The SMILES string of the molecule is NNC(=O)C1CCC1c1nc2c(cnn2C2CCC(F)(F)CC2)c(=O)[nH]1. The summed E-state index contributed by atoms with van der Waals surface area (Å²) in [5.41, 5.74) is 2.19. The number of hydrogen-bond acceptors (Lipinski definition) is 5. The molecule has 0 spiro atoms. The first-order chi connectivity index (χ1) is 12.4. The largest absolute Gasteiger partial charge is 0.310 e. The number of hydrogen-bond donors (Lipinski definition) is 3. The normalized spacial score (nSPS) is 25.8. The summed E-state index contributed by atoms with van der Waals surface area (Å²) in [4.78, 5) is 31.5. The van der Waals surface area contributed by atoms with Crippen molar-refractivity contribution in [3.63, 3.8) is 0 Å². The summed E-state index contributed by atoms with van der Waals surface area (Å²) < 4.78 is 28.4. The number of halogens is 2. The first-order valence-corrected chi connectivity index (χ1v) is 8.75. The maximum atomic E-state index is 13.4. The Balaban J connectivity index is 1.68. The van der Waals surface area contributed by atoms with Crippen LogP contribution in [0.3, 0.4) is 0 Å². The van der Waals surface area contributed by atoms with Crippen LogP contribution in [0.1, 0.15) is 56.3 Å². The van der Waals surface area contributed by atoms with E-state index in [1.807, 2.05) is 0 Å². The molecule has 1 amide bonds. The Labute approximate surface area is 147 Å². The number of H-pyrrole nitrogens is 1. The molecule has 0 radical (unpaired) electrons. The van der Waals surface area contributed by atoms with Gasteiger partial charge in [-0.05, 0) is 25.7 Å². The van der Waals surface area contributed by atoms with Gasteiger partial charge in [0.05, 0.1) is 12.2 Å². The Bertz CT molecular complexity index is 898. The number of nitrogens with zero attached hydrogens (tertiary/aromatic N) is 3. The molecule has 10 heteroatoms. The highest BCUT2D eigenvalue weighted by molar-refractivity contribution is 5.80. The summed E-state index contributed by atoms with van der Waals surface area (Å²) in [5, 5.41) is 4.56. The van der Waals surface area contributed by atoms with Gasteiger partial charge >= 0.3 is 0 Å². The predicted octanol–water partition coefficient (Wildman–Crippen LogP) is 1.35. The Kier molecular flexibility index (Phi) is 4.02. The molecule has 4 N–H and O–H groups in total. The summed E-state index contributed by atoms with van der Waals surface area (Å²) in [7, 11) is 0. The second-order valence-corrected chi connectivity index (χ2v) is 7.16. The highest BCUT2D eigenvalue weighted by atomic mass is 19.3. The van der Waals surface area contributed by atoms with Gasteiger partial charge in [-0.1, -0.05) is 0 Å².